The van der Waals surface area contributed by atoms with E-state index in [9.17, 15) is 9.59 Å². The van der Waals surface area contributed by atoms with Gasteiger partial charge in [-0.3, -0.25) is 9.36 Å². The Morgan fingerprint density at radius 1 is 1.11 bits per heavy atom. The normalized spacial score (nSPS) is 11.2. The average Bonchev–Trinajstić information content (AvgIpc) is 3.12. The summed E-state index contributed by atoms with van der Waals surface area (Å²) in [5.41, 5.74) is 3.33. The molecule has 0 amide bonds. The summed E-state index contributed by atoms with van der Waals surface area (Å²) in [7, 11) is 0. The zero-order valence-electron chi connectivity index (χ0n) is 15.0. The molecule has 0 aliphatic heterocycles. The molecule has 3 aromatic heterocycles. The molecule has 0 saturated heterocycles. The smallest absolute Gasteiger partial charge is 0.358 e. The maximum absolute atomic E-state index is 12.6. The summed E-state index contributed by atoms with van der Waals surface area (Å²) in [6.45, 7) is 4.54. The van der Waals surface area contributed by atoms with Crippen LogP contribution in [0.2, 0.25) is 0 Å². The first-order valence-corrected chi connectivity index (χ1v) is 8.76. The second kappa shape index (κ2) is 6.68. The number of ether oxygens (including phenoxy) is 1. The maximum Gasteiger partial charge on any atom is 0.358 e. The van der Waals surface area contributed by atoms with Crippen molar-refractivity contribution < 1.29 is 9.53 Å². The van der Waals surface area contributed by atoms with Crippen molar-refractivity contribution in [2.45, 2.75) is 20.4 Å². The number of hydrogen-bond donors (Lipinski definition) is 0. The number of rotatable bonds is 4. The van der Waals surface area contributed by atoms with Crippen molar-refractivity contribution in [3.05, 3.63) is 65.1 Å². The van der Waals surface area contributed by atoms with Crippen LogP contribution >= 0.6 is 0 Å². The standard InChI is InChI=1S/C20H18N4O3/c1-3-23-12-21-16-7-5-13(9-15(16)19(23)25)14-6-8-18-22-17(11-24(18)10-14)20(26)27-4-2/h5-12H,3-4H2,1-2H3. The fourth-order valence-corrected chi connectivity index (χ4v) is 3.03. The highest BCUT2D eigenvalue weighted by atomic mass is 16.5. The van der Waals surface area contributed by atoms with Crippen molar-refractivity contribution >= 4 is 22.5 Å². The van der Waals surface area contributed by atoms with Crippen LogP contribution in [-0.4, -0.2) is 31.5 Å². The third-order valence-corrected chi connectivity index (χ3v) is 4.43. The second-order valence-electron chi connectivity index (χ2n) is 6.10. The monoisotopic (exact) mass is 362 g/mol. The van der Waals surface area contributed by atoms with Crippen LogP contribution in [0.4, 0.5) is 0 Å². The van der Waals surface area contributed by atoms with Crippen molar-refractivity contribution in [2.75, 3.05) is 6.61 Å². The molecular formula is C20H18N4O3. The van der Waals surface area contributed by atoms with Crippen molar-refractivity contribution in [1.82, 2.24) is 18.9 Å². The molecule has 3 heterocycles. The van der Waals surface area contributed by atoms with Gasteiger partial charge in [0.1, 0.15) is 5.65 Å². The first kappa shape index (κ1) is 17.0. The van der Waals surface area contributed by atoms with E-state index in [-0.39, 0.29) is 11.3 Å². The molecule has 7 heteroatoms. The highest BCUT2D eigenvalue weighted by Crippen LogP contribution is 2.23. The number of carbonyl (C=O) groups is 1. The fourth-order valence-electron chi connectivity index (χ4n) is 3.03. The average molecular weight is 362 g/mol. The molecular weight excluding hydrogens is 344 g/mol. The summed E-state index contributed by atoms with van der Waals surface area (Å²) in [6, 6.07) is 9.35. The van der Waals surface area contributed by atoms with E-state index in [1.165, 1.54) is 0 Å². The molecule has 4 aromatic rings. The van der Waals surface area contributed by atoms with Crippen molar-refractivity contribution in [3.8, 4) is 11.1 Å². The first-order chi connectivity index (χ1) is 13.1. The van der Waals surface area contributed by atoms with Crippen LogP contribution in [-0.2, 0) is 11.3 Å². The molecule has 27 heavy (non-hydrogen) atoms. The molecule has 0 atom stereocenters. The van der Waals surface area contributed by atoms with Crippen LogP contribution in [0.3, 0.4) is 0 Å². The zero-order chi connectivity index (χ0) is 19.0. The molecule has 1 aromatic carbocycles. The highest BCUT2D eigenvalue weighted by molar-refractivity contribution is 5.88. The molecule has 136 valence electrons. The summed E-state index contributed by atoms with van der Waals surface area (Å²) < 4.78 is 8.35. The van der Waals surface area contributed by atoms with Gasteiger partial charge in [-0.1, -0.05) is 6.07 Å². The molecule has 0 spiro atoms. The quantitative estimate of drug-likeness (QED) is 0.522. The summed E-state index contributed by atoms with van der Waals surface area (Å²) >= 11 is 0. The summed E-state index contributed by atoms with van der Waals surface area (Å²) in [6.07, 6.45) is 5.09. The van der Waals surface area contributed by atoms with E-state index in [1.807, 2.05) is 43.5 Å². The number of nitrogens with zero attached hydrogens (tertiary/aromatic N) is 4. The lowest BCUT2D eigenvalue weighted by molar-refractivity contribution is 0.0520. The molecule has 0 radical (unpaired) electrons. The molecule has 0 bridgehead atoms. The summed E-state index contributed by atoms with van der Waals surface area (Å²) in [5.74, 6) is -0.445. The SMILES string of the molecule is CCOC(=O)c1cn2cc(-c3ccc4ncn(CC)c(=O)c4c3)ccc2n1. The van der Waals surface area contributed by atoms with E-state index >= 15 is 0 Å². The number of hydrogen-bond acceptors (Lipinski definition) is 5. The van der Waals surface area contributed by atoms with Crippen LogP contribution in [0, 0.1) is 0 Å². The molecule has 0 aliphatic carbocycles. The third kappa shape index (κ3) is 2.97. The fraction of sp³-hybridized carbons (Fsp3) is 0.200. The molecule has 0 aliphatic rings. The van der Waals surface area contributed by atoms with Gasteiger partial charge in [0.2, 0.25) is 0 Å². The van der Waals surface area contributed by atoms with E-state index in [1.54, 1.807) is 28.4 Å². The van der Waals surface area contributed by atoms with Gasteiger partial charge in [0.05, 0.1) is 23.8 Å². The van der Waals surface area contributed by atoms with Gasteiger partial charge >= 0.3 is 5.97 Å². The Hall–Kier alpha value is -3.48. The number of carbonyl (C=O) groups excluding carboxylic acids is 1. The van der Waals surface area contributed by atoms with Crippen LogP contribution in [0.1, 0.15) is 24.3 Å². The zero-order valence-corrected chi connectivity index (χ0v) is 15.0. The number of aromatic nitrogens is 4. The number of esters is 1. The van der Waals surface area contributed by atoms with Crippen molar-refractivity contribution in [3.63, 3.8) is 0 Å². The predicted molar refractivity (Wildman–Crippen MR) is 102 cm³/mol. The van der Waals surface area contributed by atoms with Crippen LogP contribution < -0.4 is 5.56 Å². The lowest BCUT2D eigenvalue weighted by Gasteiger charge is -2.06. The topological polar surface area (TPSA) is 78.5 Å². The van der Waals surface area contributed by atoms with Gasteiger partial charge in [-0.25, -0.2) is 14.8 Å². The van der Waals surface area contributed by atoms with Gasteiger partial charge in [-0.2, -0.15) is 0 Å². The Bertz CT molecular complexity index is 1220. The number of benzene rings is 1. The second-order valence-corrected chi connectivity index (χ2v) is 6.10. The van der Waals surface area contributed by atoms with E-state index in [4.69, 9.17) is 4.74 Å². The molecule has 4 rings (SSSR count). The number of pyridine rings is 1. The third-order valence-electron chi connectivity index (χ3n) is 4.43. The first-order valence-electron chi connectivity index (χ1n) is 8.76. The lowest BCUT2D eigenvalue weighted by Crippen LogP contribution is -2.19. The molecule has 0 fully saturated rings. The number of imidazole rings is 1. The largest absolute Gasteiger partial charge is 0.461 e. The van der Waals surface area contributed by atoms with Crippen LogP contribution in [0.15, 0.2) is 53.8 Å². The Morgan fingerprint density at radius 3 is 2.70 bits per heavy atom. The summed E-state index contributed by atoms with van der Waals surface area (Å²) in [4.78, 5) is 33.0. The Labute approximate surface area is 154 Å². The van der Waals surface area contributed by atoms with E-state index in [2.05, 4.69) is 9.97 Å². The maximum atomic E-state index is 12.6. The molecule has 7 nitrogen and oxygen atoms in total. The van der Waals surface area contributed by atoms with Gasteiger partial charge in [0.15, 0.2) is 5.69 Å². The minimum absolute atomic E-state index is 0.0577. The summed E-state index contributed by atoms with van der Waals surface area (Å²) in [5, 5.41) is 0.579. The van der Waals surface area contributed by atoms with Gasteiger partial charge in [0.25, 0.3) is 5.56 Å². The van der Waals surface area contributed by atoms with E-state index in [0.29, 0.717) is 29.7 Å². The Kier molecular flexibility index (Phi) is 4.19. The molecule has 0 saturated carbocycles. The van der Waals surface area contributed by atoms with Gasteiger partial charge in [-0.05, 0) is 49.2 Å². The highest BCUT2D eigenvalue weighted by Gasteiger charge is 2.12. The number of fused-ring (bicyclic) bond motifs is 2. The number of aryl methyl sites for hydroxylation is 1. The van der Waals surface area contributed by atoms with Gasteiger partial charge in [-0.15, -0.1) is 0 Å². The minimum atomic E-state index is -0.445. The molecule has 0 unspecified atom stereocenters. The van der Waals surface area contributed by atoms with Crippen molar-refractivity contribution in [2.24, 2.45) is 0 Å². The van der Waals surface area contributed by atoms with Gasteiger partial charge < -0.3 is 9.14 Å². The predicted octanol–water partition coefficient (Wildman–Crippen LogP) is 2.91. The van der Waals surface area contributed by atoms with E-state index < -0.39 is 5.97 Å². The van der Waals surface area contributed by atoms with Crippen LogP contribution in [0.25, 0.3) is 27.7 Å². The van der Waals surface area contributed by atoms with Gasteiger partial charge in [0, 0.05) is 18.9 Å². The van der Waals surface area contributed by atoms with E-state index in [0.717, 1.165) is 11.1 Å². The van der Waals surface area contributed by atoms with Crippen molar-refractivity contribution in [1.29, 1.82) is 0 Å². The Morgan fingerprint density at radius 2 is 1.93 bits per heavy atom. The Balaban J connectivity index is 1.80. The lowest BCUT2D eigenvalue weighted by atomic mass is 10.1. The molecule has 0 N–H and O–H groups in total. The van der Waals surface area contributed by atoms with Crippen LogP contribution in [0.5, 0.6) is 0 Å². The minimum Gasteiger partial charge on any atom is -0.461 e.